The number of rotatable bonds is 7. The van der Waals surface area contributed by atoms with Crippen LogP contribution in [-0.4, -0.2) is 62.1 Å². The largest absolute Gasteiger partial charge is 0.486 e. The molecule has 0 atom stereocenters. The molecule has 0 saturated carbocycles. The predicted molar refractivity (Wildman–Crippen MR) is 112 cm³/mol. The van der Waals surface area contributed by atoms with Crippen molar-refractivity contribution in [1.82, 2.24) is 30.0 Å². The van der Waals surface area contributed by atoms with Gasteiger partial charge in [0.2, 0.25) is 0 Å². The van der Waals surface area contributed by atoms with Crippen molar-refractivity contribution >= 4 is 5.91 Å². The van der Waals surface area contributed by atoms with E-state index < -0.39 is 0 Å². The van der Waals surface area contributed by atoms with E-state index >= 15 is 0 Å². The number of hydrogen-bond acceptors (Lipinski definition) is 6. The van der Waals surface area contributed by atoms with Crippen molar-refractivity contribution < 1.29 is 13.9 Å². The number of piperazine rings is 1. The highest BCUT2D eigenvalue weighted by Crippen LogP contribution is 2.18. The minimum Gasteiger partial charge on any atom is -0.486 e. The van der Waals surface area contributed by atoms with Gasteiger partial charge in [-0.2, -0.15) is 0 Å². The average Bonchev–Trinajstić information content (AvgIpc) is 3.27. The lowest BCUT2D eigenvalue weighted by molar-refractivity contribution is 0.0628. The number of tetrazole rings is 1. The van der Waals surface area contributed by atoms with Gasteiger partial charge in [-0.05, 0) is 53.2 Å². The van der Waals surface area contributed by atoms with Crippen LogP contribution in [0.25, 0.3) is 0 Å². The molecule has 1 aromatic heterocycles. The molecule has 1 fully saturated rings. The zero-order valence-corrected chi connectivity index (χ0v) is 17.4. The molecule has 31 heavy (non-hydrogen) atoms. The normalized spacial score (nSPS) is 14.6. The quantitative estimate of drug-likeness (QED) is 0.580. The van der Waals surface area contributed by atoms with Gasteiger partial charge in [0.15, 0.2) is 5.82 Å². The number of carbonyl (C=O) groups excluding carboxylic acids is 1. The molecule has 1 amide bonds. The van der Waals surface area contributed by atoms with E-state index in [1.807, 2.05) is 24.0 Å². The number of nitrogens with zero attached hydrogens (tertiary/aromatic N) is 6. The number of ether oxygens (including phenoxy) is 1. The van der Waals surface area contributed by atoms with Crippen LogP contribution in [0.3, 0.4) is 0 Å². The molecular weight excluding hydrogens is 399 g/mol. The Morgan fingerprint density at radius 1 is 1.10 bits per heavy atom. The number of benzene rings is 2. The fourth-order valence-corrected chi connectivity index (χ4v) is 3.58. The highest BCUT2D eigenvalue weighted by molar-refractivity contribution is 5.94. The Labute approximate surface area is 180 Å². The fourth-order valence-electron chi connectivity index (χ4n) is 3.58. The molecule has 0 N–H and O–H groups in total. The minimum atomic E-state index is -0.228. The van der Waals surface area contributed by atoms with Gasteiger partial charge in [-0.25, -0.2) is 9.07 Å². The van der Waals surface area contributed by atoms with Gasteiger partial charge in [0.25, 0.3) is 5.91 Å². The van der Waals surface area contributed by atoms with E-state index in [-0.39, 0.29) is 18.3 Å². The maximum atomic E-state index is 13.1. The first-order valence-electron chi connectivity index (χ1n) is 10.4. The fraction of sp³-hybridized carbons (Fsp3) is 0.364. The molecular formula is C22H25FN6O2. The highest BCUT2D eigenvalue weighted by atomic mass is 19.1. The van der Waals surface area contributed by atoms with E-state index in [1.165, 1.54) is 12.1 Å². The molecule has 0 spiro atoms. The summed E-state index contributed by atoms with van der Waals surface area (Å²) in [5.41, 5.74) is 1.67. The standard InChI is InChI=1S/C22H25FN6O2/c1-2-29-21(24-25-26-29)16-31-20-5-3-4-18(14-20)22(30)28-12-10-27(11-13-28)15-17-6-8-19(23)9-7-17/h3-9,14H,2,10-13,15-16H2,1H3. The zero-order valence-electron chi connectivity index (χ0n) is 17.4. The Kier molecular flexibility index (Phi) is 6.51. The Hall–Kier alpha value is -3.33. The average molecular weight is 424 g/mol. The topological polar surface area (TPSA) is 76.4 Å². The van der Waals surface area contributed by atoms with Crippen molar-refractivity contribution in [2.45, 2.75) is 26.6 Å². The third-order valence-electron chi connectivity index (χ3n) is 5.33. The molecule has 0 aliphatic carbocycles. The Bertz CT molecular complexity index is 1010. The Morgan fingerprint density at radius 3 is 2.61 bits per heavy atom. The predicted octanol–water partition coefficient (Wildman–Crippen LogP) is 2.37. The van der Waals surface area contributed by atoms with Crippen molar-refractivity contribution in [2.24, 2.45) is 0 Å². The second kappa shape index (κ2) is 9.65. The third kappa shape index (κ3) is 5.24. The molecule has 0 unspecified atom stereocenters. The van der Waals surface area contributed by atoms with E-state index in [2.05, 4.69) is 20.4 Å². The van der Waals surface area contributed by atoms with Gasteiger partial charge in [-0.15, -0.1) is 5.10 Å². The lowest BCUT2D eigenvalue weighted by Crippen LogP contribution is -2.48. The molecule has 4 rings (SSSR count). The summed E-state index contributed by atoms with van der Waals surface area (Å²) in [7, 11) is 0. The number of amides is 1. The van der Waals surface area contributed by atoms with Gasteiger partial charge in [0.1, 0.15) is 18.2 Å². The monoisotopic (exact) mass is 424 g/mol. The van der Waals surface area contributed by atoms with Crippen LogP contribution < -0.4 is 4.74 Å². The molecule has 1 aliphatic heterocycles. The third-order valence-corrected chi connectivity index (χ3v) is 5.33. The molecule has 3 aromatic rings. The second-order valence-corrected chi connectivity index (χ2v) is 7.42. The van der Waals surface area contributed by atoms with E-state index in [9.17, 15) is 9.18 Å². The molecule has 1 saturated heterocycles. The zero-order chi connectivity index (χ0) is 21.6. The van der Waals surface area contributed by atoms with E-state index in [0.717, 1.165) is 25.2 Å². The lowest BCUT2D eigenvalue weighted by atomic mass is 10.1. The summed E-state index contributed by atoms with van der Waals surface area (Å²) in [5.74, 6) is 1.00. The first-order chi connectivity index (χ1) is 15.1. The number of aryl methyl sites for hydroxylation is 1. The van der Waals surface area contributed by atoms with Crippen LogP contribution in [-0.2, 0) is 19.7 Å². The smallest absolute Gasteiger partial charge is 0.254 e. The van der Waals surface area contributed by atoms with Crippen molar-refractivity contribution in [2.75, 3.05) is 26.2 Å². The molecule has 9 heteroatoms. The van der Waals surface area contributed by atoms with Crippen molar-refractivity contribution in [3.63, 3.8) is 0 Å². The first kappa shape index (κ1) is 20.9. The van der Waals surface area contributed by atoms with Crippen LogP contribution in [0.2, 0.25) is 0 Å². The van der Waals surface area contributed by atoms with Gasteiger partial charge >= 0.3 is 0 Å². The highest BCUT2D eigenvalue weighted by Gasteiger charge is 2.22. The van der Waals surface area contributed by atoms with Gasteiger partial charge < -0.3 is 9.64 Å². The van der Waals surface area contributed by atoms with Crippen LogP contribution >= 0.6 is 0 Å². The summed E-state index contributed by atoms with van der Waals surface area (Å²) < 4.78 is 20.5. The minimum absolute atomic E-state index is 0.00901. The number of carbonyl (C=O) groups is 1. The molecule has 2 heterocycles. The summed E-state index contributed by atoms with van der Waals surface area (Å²) in [5, 5.41) is 11.5. The van der Waals surface area contributed by atoms with Crippen LogP contribution in [0.15, 0.2) is 48.5 Å². The van der Waals surface area contributed by atoms with Gasteiger partial charge in [-0.3, -0.25) is 9.69 Å². The maximum absolute atomic E-state index is 13.1. The van der Waals surface area contributed by atoms with E-state index in [0.29, 0.717) is 36.8 Å². The lowest BCUT2D eigenvalue weighted by Gasteiger charge is -2.34. The maximum Gasteiger partial charge on any atom is 0.254 e. The van der Waals surface area contributed by atoms with Gasteiger partial charge in [0, 0.05) is 44.8 Å². The van der Waals surface area contributed by atoms with Gasteiger partial charge in [0.05, 0.1) is 0 Å². The van der Waals surface area contributed by atoms with Crippen LogP contribution in [0.1, 0.15) is 28.7 Å². The summed E-state index contributed by atoms with van der Waals surface area (Å²) >= 11 is 0. The van der Waals surface area contributed by atoms with E-state index in [4.69, 9.17) is 4.74 Å². The van der Waals surface area contributed by atoms with Crippen LogP contribution in [0.4, 0.5) is 4.39 Å². The van der Waals surface area contributed by atoms with Crippen LogP contribution in [0.5, 0.6) is 5.75 Å². The van der Waals surface area contributed by atoms with E-state index in [1.54, 1.807) is 28.9 Å². The number of hydrogen-bond donors (Lipinski definition) is 0. The number of aromatic nitrogens is 4. The SMILES string of the molecule is CCn1nnnc1COc1cccc(C(=O)N2CCN(Cc3ccc(F)cc3)CC2)c1. The van der Waals surface area contributed by atoms with Crippen LogP contribution in [0, 0.1) is 5.82 Å². The summed E-state index contributed by atoms with van der Waals surface area (Å²) in [6.07, 6.45) is 0. The molecule has 8 nitrogen and oxygen atoms in total. The molecule has 0 bridgehead atoms. The van der Waals surface area contributed by atoms with Crippen molar-refractivity contribution in [3.05, 3.63) is 71.3 Å². The first-order valence-corrected chi connectivity index (χ1v) is 10.4. The molecule has 1 aliphatic rings. The van der Waals surface area contributed by atoms with Crippen molar-refractivity contribution in [3.8, 4) is 5.75 Å². The number of halogens is 1. The second-order valence-electron chi connectivity index (χ2n) is 7.42. The van der Waals surface area contributed by atoms with Crippen molar-refractivity contribution in [1.29, 1.82) is 0 Å². The Morgan fingerprint density at radius 2 is 1.87 bits per heavy atom. The molecule has 2 aromatic carbocycles. The summed E-state index contributed by atoms with van der Waals surface area (Å²) in [6, 6.07) is 13.8. The van der Waals surface area contributed by atoms with Gasteiger partial charge in [-0.1, -0.05) is 18.2 Å². The molecule has 0 radical (unpaired) electrons. The Balaban J connectivity index is 1.31. The summed E-state index contributed by atoms with van der Waals surface area (Å²) in [6.45, 7) is 6.46. The summed E-state index contributed by atoms with van der Waals surface area (Å²) in [4.78, 5) is 17.1. The molecule has 162 valence electrons.